The maximum Gasteiger partial charge on any atom is 0.407 e. The molecule has 23 heavy (non-hydrogen) atoms. The first-order valence-corrected chi connectivity index (χ1v) is 7.78. The van der Waals surface area contributed by atoms with Gasteiger partial charge < -0.3 is 24.8 Å². The number of rotatable bonds is 4. The van der Waals surface area contributed by atoms with Crippen molar-refractivity contribution in [2.24, 2.45) is 0 Å². The van der Waals surface area contributed by atoms with Gasteiger partial charge in [-0.3, -0.25) is 4.79 Å². The molecule has 8 nitrogen and oxygen atoms in total. The molecule has 1 heterocycles. The van der Waals surface area contributed by atoms with Crippen LogP contribution in [-0.2, 0) is 14.3 Å². The Labute approximate surface area is 136 Å². The van der Waals surface area contributed by atoms with E-state index in [2.05, 4.69) is 5.32 Å². The number of piperidine rings is 1. The number of likely N-dealkylation sites (tertiary alicyclic amines) is 1. The van der Waals surface area contributed by atoms with Gasteiger partial charge in [0.15, 0.2) is 0 Å². The number of nitrogens with one attached hydrogen (secondary N) is 1. The molecule has 2 N–H and O–H groups in total. The predicted molar refractivity (Wildman–Crippen MR) is 82.2 cm³/mol. The number of amides is 2. The third-order valence-corrected chi connectivity index (χ3v) is 3.41. The lowest BCUT2D eigenvalue weighted by molar-refractivity contribution is -0.144. The van der Waals surface area contributed by atoms with E-state index < -0.39 is 35.8 Å². The predicted octanol–water partition coefficient (Wildman–Crippen LogP) is 1.98. The first-order chi connectivity index (χ1) is 10.6. The molecular formula is C15H26N2O6. The van der Waals surface area contributed by atoms with E-state index in [1.807, 2.05) is 0 Å². The molecule has 1 fully saturated rings. The fraction of sp³-hybridized carbons (Fsp3) is 0.800. The number of esters is 1. The van der Waals surface area contributed by atoms with E-state index in [0.717, 1.165) is 0 Å². The highest BCUT2D eigenvalue weighted by Crippen LogP contribution is 2.22. The summed E-state index contributed by atoms with van der Waals surface area (Å²) in [5.74, 6) is -0.485. The molecule has 1 aliphatic rings. The van der Waals surface area contributed by atoms with Crippen LogP contribution in [0, 0.1) is 0 Å². The zero-order chi connectivity index (χ0) is 17.6. The van der Waals surface area contributed by atoms with E-state index in [1.165, 1.54) is 4.90 Å². The molecule has 0 aromatic carbocycles. The van der Waals surface area contributed by atoms with E-state index in [0.29, 0.717) is 19.4 Å². The van der Waals surface area contributed by atoms with Crippen LogP contribution in [0.1, 0.15) is 47.0 Å². The number of carbonyl (C=O) groups is 3. The van der Waals surface area contributed by atoms with Crippen LogP contribution in [0.2, 0.25) is 0 Å². The van der Waals surface area contributed by atoms with E-state index in [9.17, 15) is 19.5 Å². The molecule has 132 valence electrons. The number of alkyl carbamates (subject to hydrolysis) is 1. The Morgan fingerprint density at radius 3 is 2.48 bits per heavy atom. The molecule has 0 radical (unpaired) electrons. The number of hydrogen-bond acceptors (Lipinski definition) is 5. The average molecular weight is 330 g/mol. The topological polar surface area (TPSA) is 105 Å². The molecule has 0 spiro atoms. The van der Waals surface area contributed by atoms with Crippen LogP contribution in [0.15, 0.2) is 0 Å². The van der Waals surface area contributed by atoms with E-state index in [1.54, 1.807) is 27.7 Å². The Morgan fingerprint density at radius 2 is 1.96 bits per heavy atom. The number of carbonyl (C=O) groups excluding carboxylic acids is 2. The van der Waals surface area contributed by atoms with Gasteiger partial charge in [-0.1, -0.05) is 0 Å². The zero-order valence-corrected chi connectivity index (χ0v) is 14.1. The maximum atomic E-state index is 11.9. The highest BCUT2D eigenvalue weighted by molar-refractivity contribution is 5.73. The van der Waals surface area contributed by atoms with Crippen LogP contribution in [0.4, 0.5) is 9.59 Å². The number of carboxylic acid groups (broad SMARTS) is 1. The molecule has 1 saturated heterocycles. The van der Waals surface area contributed by atoms with Crippen molar-refractivity contribution in [1.29, 1.82) is 0 Å². The summed E-state index contributed by atoms with van der Waals surface area (Å²) in [4.78, 5) is 36.3. The van der Waals surface area contributed by atoms with Crippen molar-refractivity contribution in [3.63, 3.8) is 0 Å². The highest BCUT2D eigenvalue weighted by Gasteiger charge is 2.37. The van der Waals surface area contributed by atoms with E-state index in [4.69, 9.17) is 9.47 Å². The number of ether oxygens (including phenoxy) is 2. The van der Waals surface area contributed by atoms with Crippen molar-refractivity contribution in [2.45, 2.75) is 64.6 Å². The van der Waals surface area contributed by atoms with Gasteiger partial charge in [0.25, 0.3) is 0 Å². The van der Waals surface area contributed by atoms with Crippen LogP contribution in [0.25, 0.3) is 0 Å². The Bertz CT molecular complexity index is 446. The molecule has 0 saturated carbocycles. The average Bonchev–Trinajstić information content (AvgIpc) is 2.38. The number of hydrogen-bond donors (Lipinski definition) is 2. The molecule has 1 aliphatic heterocycles. The van der Waals surface area contributed by atoms with Gasteiger partial charge in [0.1, 0.15) is 5.60 Å². The van der Waals surface area contributed by atoms with Gasteiger partial charge in [-0.2, -0.15) is 0 Å². The molecule has 8 heteroatoms. The molecule has 2 atom stereocenters. The highest BCUT2D eigenvalue weighted by atomic mass is 16.6. The lowest BCUT2D eigenvalue weighted by Gasteiger charge is -2.39. The second-order valence-electron chi connectivity index (χ2n) is 6.45. The summed E-state index contributed by atoms with van der Waals surface area (Å²) in [7, 11) is 0. The summed E-state index contributed by atoms with van der Waals surface area (Å²) in [5.41, 5.74) is -0.651. The van der Waals surface area contributed by atoms with Crippen LogP contribution in [0.3, 0.4) is 0 Å². The summed E-state index contributed by atoms with van der Waals surface area (Å²) in [6.45, 7) is 7.46. The Morgan fingerprint density at radius 1 is 1.30 bits per heavy atom. The Hall–Kier alpha value is -1.99. The second kappa shape index (κ2) is 8.03. The van der Waals surface area contributed by atoms with E-state index >= 15 is 0 Å². The quantitative estimate of drug-likeness (QED) is 0.764. The van der Waals surface area contributed by atoms with Crippen molar-refractivity contribution in [1.82, 2.24) is 10.2 Å². The van der Waals surface area contributed by atoms with Crippen LogP contribution >= 0.6 is 0 Å². The molecular weight excluding hydrogens is 304 g/mol. The lowest BCUT2D eigenvalue weighted by atomic mass is 9.94. The first-order valence-electron chi connectivity index (χ1n) is 7.78. The first kappa shape index (κ1) is 19.1. The SMILES string of the molecule is CCOC(=O)CC1C(NC(=O)OC(C)(C)C)CCCN1C(=O)O. The maximum absolute atomic E-state index is 11.9. The fourth-order valence-electron chi connectivity index (χ4n) is 2.56. The molecule has 0 aliphatic carbocycles. The smallest absolute Gasteiger partial charge is 0.407 e. The van der Waals surface area contributed by atoms with Gasteiger partial charge in [-0.25, -0.2) is 9.59 Å². The minimum Gasteiger partial charge on any atom is -0.466 e. The molecule has 0 aromatic heterocycles. The van der Waals surface area contributed by atoms with Crippen molar-refractivity contribution in [3.8, 4) is 0 Å². The van der Waals surface area contributed by atoms with Gasteiger partial charge in [-0.15, -0.1) is 0 Å². The molecule has 2 unspecified atom stereocenters. The monoisotopic (exact) mass is 330 g/mol. The van der Waals surface area contributed by atoms with Crippen LogP contribution < -0.4 is 5.32 Å². The Balaban J connectivity index is 2.81. The number of nitrogens with zero attached hydrogens (tertiary/aromatic N) is 1. The summed E-state index contributed by atoms with van der Waals surface area (Å²) in [5, 5.41) is 12.0. The molecule has 2 amide bonds. The molecule has 1 rings (SSSR count). The van der Waals surface area contributed by atoms with Gasteiger partial charge in [0, 0.05) is 6.54 Å². The van der Waals surface area contributed by atoms with Gasteiger partial charge in [-0.05, 0) is 40.5 Å². The summed E-state index contributed by atoms with van der Waals surface area (Å²) < 4.78 is 10.1. The second-order valence-corrected chi connectivity index (χ2v) is 6.45. The minimum absolute atomic E-state index is 0.0966. The van der Waals surface area contributed by atoms with Gasteiger partial charge in [0.05, 0.1) is 25.1 Å². The van der Waals surface area contributed by atoms with Crippen LogP contribution in [0.5, 0.6) is 0 Å². The van der Waals surface area contributed by atoms with Gasteiger partial charge in [0.2, 0.25) is 0 Å². The summed E-state index contributed by atoms with van der Waals surface area (Å²) >= 11 is 0. The largest absolute Gasteiger partial charge is 0.466 e. The normalized spacial score (nSPS) is 21.5. The molecule has 0 aromatic rings. The van der Waals surface area contributed by atoms with Crippen molar-refractivity contribution >= 4 is 18.2 Å². The third kappa shape index (κ3) is 6.33. The minimum atomic E-state index is -1.12. The van der Waals surface area contributed by atoms with E-state index in [-0.39, 0.29) is 13.0 Å². The van der Waals surface area contributed by atoms with Crippen molar-refractivity contribution in [2.75, 3.05) is 13.2 Å². The standard InChI is InChI=1S/C15H26N2O6/c1-5-22-12(18)9-11-10(7-6-8-17(11)14(20)21)16-13(19)23-15(2,3)4/h10-11H,5-9H2,1-4H3,(H,16,19)(H,20,21). The summed E-state index contributed by atoms with van der Waals surface area (Å²) in [6.07, 6.45) is -0.654. The van der Waals surface area contributed by atoms with Crippen molar-refractivity contribution in [3.05, 3.63) is 0 Å². The van der Waals surface area contributed by atoms with Gasteiger partial charge >= 0.3 is 18.2 Å². The zero-order valence-electron chi connectivity index (χ0n) is 14.1. The Kier molecular flexibility index (Phi) is 6.65. The lowest BCUT2D eigenvalue weighted by Crippen LogP contribution is -2.58. The fourth-order valence-corrected chi connectivity index (χ4v) is 2.56. The van der Waals surface area contributed by atoms with Crippen molar-refractivity contribution < 1.29 is 29.0 Å². The molecule has 0 bridgehead atoms. The summed E-state index contributed by atoms with van der Waals surface area (Å²) in [6, 6.07) is -1.15. The third-order valence-electron chi connectivity index (χ3n) is 3.41. The van der Waals surface area contributed by atoms with Crippen LogP contribution in [-0.4, -0.2) is 59.0 Å².